The van der Waals surface area contributed by atoms with Crippen LogP contribution in [0.2, 0.25) is 0 Å². The Morgan fingerprint density at radius 2 is 2.33 bits per heavy atom. The lowest BCUT2D eigenvalue weighted by atomic mass is 9.91. The van der Waals surface area contributed by atoms with Crippen molar-refractivity contribution in [2.24, 2.45) is 0 Å². The van der Waals surface area contributed by atoms with Gasteiger partial charge in [0.05, 0.1) is 12.0 Å². The minimum absolute atomic E-state index is 0.144. The number of rotatable bonds is 2. The van der Waals surface area contributed by atoms with Crippen LogP contribution in [0.1, 0.15) is 36.3 Å². The molecule has 0 N–H and O–H groups in total. The van der Waals surface area contributed by atoms with Crippen molar-refractivity contribution in [3.05, 3.63) is 27.7 Å². The second-order valence-electron chi connectivity index (χ2n) is 3.77. The van der Waals surface area contributed by atoms with E-state index in [1.54, 1.807) is 0 Å². The van der Waals surface area contributed by atoms with Crippen molar-refractivity contribution in [1.29, 1.82) is 0 Å². The smallest absolute Gasteiger partial charge is 0.120 e. The van der Waals surface area contributed by atoms with Gasteiger partial charge in [0, 0.05) is 4.47 Å². The quantitative estimate of drug-likeness (QED) is 0.730. The molecule has 0 bridgehead atoms. The fourth-order valence-electron chi connectivity index (χ4n) is 2.04. The zero-order valence-electron chi connectivity index (χ0n) is 8.72. The summed E-state index contributed by atoms with van der Waals surface area (Å²) in [4.78, 5) is 0. The van der Waals surface area contributed by atoms with Crippen molar-refractivity contribution in [3.8, 4) is 5.75 Å². The molecule has 1 aromatic carbocycles. The fourth-order valence-corrected chi connectivity index (χ4v) is 3.04. The lowest BCUT2D eigenvalue weighted by molar-refractivity contribution is 0.339. The van der Waals surface area contributed by atoms with Gasteiger partial charge in [0.15, 0.2) is 0 Å². The molecule has 0 amide bonds. The van der Waals surface area contributed by atoms with Crippen LogP contribution in [0.5, 0.6) is 5.75 Å². The summed E-state index contributed by atoms with van der Waals surface area (Å²) >= 11 is 9.91. The van der Waals surface area contributed by atoms with Crippen molar-refractivity contribution in [2.75, 3.05) is 6.61 Å². The SMILES string of the molecule is CCOc1cc(Br)c2c(c1)C(Cl)CCC2. The summed E-state index contributed by atoms with van der Waals surface area (Å²) < 4.78 is 6.65. The monoisotopic (exact) mass is 288 g/mol. The first-order valence-electron chi connectivity index (χ1n) is 5.31. The van der Waals surface area contributed by atoms with Gasteiger partial charge < -0.3 is 4.74 Å². The van der Waals surface area contributed by atoms with E-state index in [9.17, 15) is 0 Å². The first kappa shape index (κ1) is 11.3. The predicted octanol–water partition coefficient (Wildman–Crippen LogP) is 4.46. The van der Waals surface area contributed by atoms with Crippen molar-refractivity contribution in [1.82, 2.24) is 0 Å². The van der Waals surface area contributed by atoms with E-state index < -0.39 is 0 Å². The number of ether oxygens (including phenoxy) is 1. The molecule has 0 radical (unpaired) electrons. The Bertz CT molecular complexity index is 365. The van der Waals surface area contributed by atoms with Gasteiger partial charge in [-0.25, -0.2) is 0 Å². The third-order valence-electron chi connectivity index (χ3n) is 2.74. The van der Waals surface area contributed by atoms with Crippen molar-refractivity contribution >= 4 is 27.5 Å². The highest BCUT2D eigenvalue weighted by Gasteiger charge is 2.21. The molecule has 1 aromatic rings. The molecule has 1 aliphatic carbocycles. The highest BCUT2D eigenvalue weighted by atomic mass is 79.9. The molecule has 1 atom stereocenters. The van der Waals surface area contributed by atoms with Gasteiger partial charge in [-0.2, -0.15) is 0 Å². The largest absolute Gasteiger partial charge is 0.494 e. The van der Waals surface area contributed by atoms with Crippen LogP contribution >= 0.6 is 27.5 Å². The maximum atomic E-state index is 6.31. The first-order valence-corrected chi connectivity index (χ1v) is 6.54. The minimum atomic E-state index is 0.144. The Hall–Kier alpha value is -0.210. The molecule has 1 nitrogen and oxygen atoms in total. The van der Waals surface area contributed by atoms with E-state index in [1.165, 1.54) is 17.5 Å². The van der Waals surface area contributed by atoms with Crippen LogP contribution in [0.4, 0.5) is 0 Å². The van der Waals surface area contributed by atoms with Crippen LogP contribution in [-0.2, 0) is 6.42 Å². The molecule has 0 saturated heterocycles. The van der Waals surface area contributed by atoms with Gasteiger partial charge in [-0.15, -0.1) is 11.6 Å². The Labute approximate surface area is 104 Å². The standard InChI is InChI=1S/C12H14BrClO/c1-2-15-8-6-10-9(11(13)7-8)4-3-5-12(10)14/h6-7,12H,2-5H2,1H3. The molecule has 0 fully saturated rings. The van der Waals surface area contributed by atoms with E-state index in [1.807, 2.05) is 13.0 Å². The van der Waals surface area contributed by atoms with E-state index in [4.69, 9.17) is 16.3 Å². The Morgan fingerprint density at radius 3 is 3.07 bits per heavy atom. The summed E-state index contributed by atoms with van der Waals surface area (Å²) in [6.07, 6.45) is 3.36. The Kier molecular flexibility index (Phi) is 3.57. The maximum Gasteiger partial charge on any atom is 0.120 e. The van der Waals surface area contributed by atoms with Gasteiger partial charge in [-0.1, -0.05) is 15.9 Å². The summed E-state index contributed by atoms with van der Waals surface area (Å²) in [7, 11) is 0. The molecule has 82 valence electrons. The molecule has 0 aliphatic heterocycles. The van der Waals surface area contributed by atoms with Crippen LogP contribution in [0, 0.1) is 0 Å². The summed E-state index contributed by atoms with van der Waals surface area (Å²) in [6.45, 7) is 2.68. The van der Waals surface area contributed by atoms with Gasteiger partial charge >= 0.3 is 0 Å². The summed E-state index contributed by atoms with van der Waals surface area (Å²) in [6, 6.07) is 4.12. The highest BCUT2D eigenvalue weighted by molar-refractivity contribution is 9.10. The van der Waals surface area contributed by atoms with Gasteiger partial charge in [-0.3, -0.25) is 0 Å². The van der Waals surface area contributed by atoms with Crippen molar-refractivity contribution < 1.29 is 4.74 Å². The second kappa shape index (κ2) is 4.75. The fraction of sp³-hybridized carbons (Fsp3) is 0.500. The zero-order valence-corrected chi connectivity index (χ0v) is 11.1. The van der Waals surface area contributed by atoms with Gasteiger partial charge in [-0.05, 0) is 49.4 Å². The second-order valence-corrected chi connectivity index (χ2v) is 5.15. The summed E-state index contributed by atoms with van der Waals surface area (Å²) in [5.74, 6) is 0.913. The molecule has 1 aliphatic rings. The molecule has 15 heavy (non-hydrogen) atoms. The topological polar surface area (TPSA) is 9.23 Å². The average Bonchev–Trinajstić information content (AvgIpc) is 2.20. The van der Waals surface area contributed by atoms with E-state index >= 15 is 0 Å². The van der Waals surface area contributed by atoms with Crippen LogP contribution < -0.4 is 4.74 Å². The van der Waals surface area contributed by atoms with E-state index in [2.05, 4.69) is 22.0 Å². The number of halogens is 2. The van der Waals surface area contributed by atoms with Crippen LogP contribution in [0.3, 0.4) is 0 Å². The van der Waals surface area contributed by atoms with Gasteiger partial charge in [0.25, 0.3) is 0 Å². The van der Waals surface area contributed by atoms with E-state index in [-0.39, 0.29) is 5.38 Å². The molecule has 0 aromatic heterocycles. The Morgan fingerprint density at radius 1 is 1.53 bits per heavy atom. The van der Waals surface area contributed by atoms with Crippen molar-refractivity contribution in [3.63, 3.8) is 0 Å². The van der Waals surface area contributed by atoms with Crippen LogP contribution in [-0.4, -0.2) is 6.61 Å². The van der Waals surface area contributed by atoms with Crippen LogP contribution in [0.25, 0.3) is 0 Å². The highest BCUT2D eigenvalue weighted by Crippen LogP contribution is 2.40. The average molecular weight is 290 g/mol. The number of benzene rings is 1. The van der Waals surface area contributed by atoms with Gasteiger partial charge in [0.1, 0.15) is 5.75 Å². The molecule has 0 heterocycles. The molecule has 3 heteroatoms. The minimum Gasteiger partial charge on any atom is -0.494 e. The number of hydrogen-bond acceptors (Lipinski definition) is 1. The zero-order chi connectivity index (χ0) is 10.8. The molecule has 1 unspecified atom stereocenters. The number of fused-ring (bicyclic) bond motifs is 1. The summed E-state index contributed by atoms with van der Waals surface area (Å²) in [5, 5.41) is 0.144. The maximum absolute atomic E-state index is 6.31. The molecular weight excluding hydrogens is 275 g/mol. The lowest BCUT2D eigenvalue weighted by Gasteiger charge is -2.22. The number of hydrogen-bond donors (Lipinski definition) is 0. The first-order chi connectivity index (χ1) is 7.22. The normalized spacial score (nSPS) is 19.8. The predicted molar refractivity (Wildman–Crippen MR) is 66.8 cm³/mol. The van der Waals surface area contributed by atoms with Gasteiger partial charge in [0.2, 0.25) is 0 Å². The van der Waals surface area contributed by atoms with E-state index in [0.717, 1.165) is 23.1 Å². The molecule has 0 saturated carbocycles. The van der Waals surface area contributed by atoms with E-state index in [0.29, 0.717) is 6.61 Å². The Balaban J connectivity index is 2.42. The third-order valence-corrected chi connectivity index (χ3v) is 3.90. The van der Waals surface area contributed by atoms with Crippen molar-refractivity contribution in [2.45, 2.75) is 31.6 Å². The van der Waals surface area contributed by atoms with Crippen LogP contribution in [0.15, 0.2) is 16.6 Å². The third kappa shape index (κ3) is 2.31. The summed E-state index contributed by atoms with van der Waals surface area (Å²) in [5.41, 5.74) is 2.59. The molecule has 2 rings (SSSR count). The lowest BCUT2D eigenvalue weighted by Crippen LogP contribution is -2.07. The number of alkyl halides is 1. The molecule has 0 spiro atoms. The molecular formula is C12H14BrClO.